The smallest absolute Gasteiger partial charge is 0.274 e. The second-order valence-electron chi connectivity index (χ2n) is 4.69. The van der Waals surface area contributed by atoms with E-state index in [2.05, 4.69) is 10.5 Å². The number of nitrogens with one attached hydrogen (secondary N) is 1. The Kier molecular flexibility index (Phi) is 5.30. The first-order valence-corrected chi connectivity index (χ1v) is 6.88. The fourth-order valence-electron chi connectivity index (χ4n) is 1.97. The van der Waals surface area contributed by atoms with E-state index in [1.165, 1.54) is 25.3 Å². The van der Waals surface area contributed by atoms with Gasteiger partial charge in [0.15, 0.2) is 11.5 Å². The molecule has 5 nitrogen and oxygen atoms in total. The Morgan fingerprint density at radius 1 is 1.09 bits per heavy atom. The second-order valence-corrected chi connectivity index (χ2v) is 4.69. The van der Waals surface area contributed by atoms with Gasteiger partial charge in [-0.1, -0.05) is 12.1 Å². The molecule has 0 radical (unpaired) electrons. The Hall–Kier alpha value is -2.89. The Balaban J connectivity index is 2.17. The first-order chi connectivity index (χ1) is 11.1. The molecule has 2 aromatic rings. The van der Waals surface area contributed by atoms with Gasteiger partial charge in [-0.15, -0.1) is 0 Å². The molecule has 0 fully saturated rings. The number of benzene rings is 2. The first-order valence-electron chi connectivity index (χ1n) is 6.88. The molecule has 6 heteroatoms. The van der Waals surface area contributed by atoms with Gasteiger partial charge in [0, 0.05) is 5.56 Å². The van der Waals surface area contributed by atoms with E-state index >= 15 is 0 Å². The zero-order chi connectivity index (χ0) is 16.8. The van der Waals surface area contributed by atoms with Gasteiger partial charge < -0.3 is 9.47 Å². The highest BCUT2D eigenvalue weighted by Crippen LogP contribution is 2.27. The van der Waals surface area contributed by atoms with Crippen LogP contribution in [0, 0.1) is 5.82 Å². The lowest BCUT2D eigenvalue weighted by Gasteiger charge is -2.09. The first kappa shape index (κ1) is 16.5. The number of hydrazone groups is 1. The average molecular weight is 316 g/mol. The van der Waals surface area contributed by atoms with Crippen LogP contribution in [0.3, 0.4) is 0 Å². The molecule has 0 heterocycles. The predicted molar refractivity (Wildman–Crippen MR) is 85.6 cm³/mol. The molecular formula is C17H17FN2O3. The van der Waals surface area contributed by atoms with Crippen LogP contribution in [0.1, 0.15) is 22.8 Å². The van der Waals surface area contributed by atoms with Gasteiger partial charge in [0.1, 0.15) is 5.82 Å². The number of carbonyl (C=O) groups excluding carboxylic acids is 1. The van der Waals surface area contributed by atoms with E-state index in [9.17, 15) is 9.18 Å². The lowest BCUT2D eigenvalue weighted by Crippen LogP contribution is -2.20. The average Bonchev–Trinajstić information content (AvgIpc) is 2.59. The van der Waals surface area contributed by atoms with Crippen LogP contribution in [0.4, 0.5) is 4.39 Å². The Morgan fingerprint density at radius 2 is 1.78 bits per heavy atom. The number of halogens is 1. The topological polar surface area (TPSA) is 59.9 Å². The number of methoxy groups -OCH3 is 2. The van der Waals surface area contributed by atoms with Crippen molar-refractivity contribution in [2.45, 2.75) is 6.92 Å². The molecule has 0 aliphatic heterocycles. The molecule has 0 atom stereocenters. The van der Waals surface area contributed by atoms with Gasteiger partial charge in [-0.3, -0.25) is 4.79 Å². The van der Waals surface area contributed by atoms with Gasteiger partial charge in [-0.25, -0.2) is 9.82 Å². The van der Waals surface area contributed by atoms with Gasteiger partial charge in [0.2, 0.25) is 0 Å². The van der Waals surface area contributed by atoms with Crippen LogP contribution in [-0.4, -0.2) is 25.8 Å². The summed E-state index contributed by atoms with van der Waals surface area (Å²) in [5, 5.41) is 4.00. The molecule has 0 saturated heterocycles. The van der Waals surface area contributed by atoms with Crippen molar-refractivity contribution in [3.05, 3.63) is 59.4 Å². The molecule has 1 amide bonds. The zero-order valence-electron chi connectivity index (χ0n) is 13.1. The Morgan fingerprint density at radius 3 is 2.43 bits per heavy atom. The molecule has 1 N–H and O–H groups in total. The summed E-state index contributed by atoms with van der Waals surface area (Å²) < 4.78 is 23.9. The van der Waals surface area contributed by atoms with Crippen molar-refractivity contribution in [2.75, 3.05) is 14.2 Å². The second kappa shape index (κ2) is 7.40. The van der Waals surface area contributed by atoms with Crippen LogP contribution in [0.5, 0.6) is 11.5 Å². The minimum Gasteiger partial charge on any atom is -0.493 e. The summed E-state index contributed by atoms with van der Waals surface area (Å²) in [6, 6.07) is 11.0. The minimum atomic E-state index is -0.608. The van der Waals surface area contributed by atoms with E-state index in [-0.39, 0.29) is 5.56 Å². The monoisotopic (exact) mass is 316 g/mol. The molecule has 0 aliphatic rings. The third-order valence-corrected chi connectivity index (χ3v) is 3.24. The van der Waals surface area contributed by atoms with Crippen molar-refractivity contribution < 1.29 is 18.7 Å². The summed E-state index contributed by atoms with van der Waals surface area (Å²) in [4.78, 5) is 11.9. The maximum Gasteiger partial charge on any atom is 0.274 e. The lowest BCUT2D eigenvalue weighted by atomic mass is 10.1. The van der Waals surface area contributed by atoms with Crippen molar-refractivity contribution in [2.24, 2.45) is 5.10 Å². The quantitative estimate of drug-likeness (QED) is 0.681. The highest BCUT2D eigenvalue weighted by Gasteiger charge is 2.11. The van der Waals surface area contributed by atoms with Crippen LogP contribution in [0.2, 0.25) is 0 Å². The van der Waals surface area contributed by atoms with Crippen molar-refractivity contribution in [1.82, 2.24) is 5.43 Å². The lowest BCUT2D eigenvalue weighted by molar-refractivity contribution is 0.0951. The normalized spacial score (nSPS) is 11.0. The summed E-state index contributed by atoms with van der Waals surface area (Å²) in [5.74, 6) is -0.0497. The molecule has 0 aromatic heterocycles. The van der Waals surface area contributed by atoms with Gasteiger partial charge >= 0.3 is 0 Å². The SMILES string of the molecule is COc1ccc(C(C)=NNC(=O)c2ccccc2F)cc1OC. The summed E-state index contributed by atoms with van der Waals surface area (Å²) in [5.41, 5.74) is 3.58. The van der Waals surface area contributed by atoms with Crippen LogP contribution in [0.25, 0.3) is 0 Å². The van der Waals surface area contributed by atoms with Crippen LogP contribution < -0.4 is 14.9 Å². The number of hydrogen-bond acceptors (Lipinski definition) is 4. The maximum atomic E-state index is 13.5. The van der Waals surface area contributed by atoms with Crippen LogP contribution in [0.15, 0.2) is 47.6 Å². The van der Waals surface area contributed by atoms with Crippen molar-refractivity contribution in [1.29, 1.82) is 0 Å². The van der Waals surface area contributed by atoms with E-state index in [0.717, 1.165) is 5.56 Å². The fourth-order valence-corrected chi connectivity index (χ4v) is 1.97. The summed E-state index contributed by atoms with van der Waals surface area (Å²) in [6.45, 7) is 1.73. The summed E-state index contributed by atoms with van der Waals surface area (Å²) in [7, 11) is 3.08. The molecule has 0 bridgehead atoms. The van der Waals surface area contributed by atoms with E-state index < -0.39 is 11.7 Å². The molecular weight excluding hydrogens is 299 g/mol. The van der Waals surface area contributed by atoms with E-state index in [4.69, 9.17) is 9.47 Å². The molecule has 0 aliphatic carbocycles. The van der Waals surface area contributed by atoms with Crippen molar-refractivity contribution in [3.8, 4) is 11.5 Å². The standard InChI is InChI=1S/C17H17FN2O3/c1-11(12-8-9-15(22-2)16(10-12)23-3)19-20-17(21)13-6-4-5-7-14(13)18/h4-10H,1-3H3,(H,20,21). The van der Waals surface area contributed by atoms with Crippen molar-refractivity contribution >= 4 is 11.6 Å². The number of carbonyl (C=O) groups is 1. The number of nitrogens with zero attached hydrogens (tertiary/aromatic N) is 1. The van der Waals surface area contributed by atoms with E-state index in [0.29, 0.717) is 17.2 Å². The predicted octanol–water partition coefficient (Wildman–Crippen LogP) is 3.00. The van der Waals surface area contributed by atoms with Crippen LogP contribution in [-0.2, 0) is 0 Å². The minimum absolute atomic E-state index is 0.0589. The summed E-state index contributed by atoms with van der Waals surface area (Å²) >= 11 is 0. The molecule has 2 rings (SSSR count). The van der Waals surface area contributed by atoms with Crippen LogP contribution >= 0.6 is 0 Å². The maximum absolute atomic E-state index is 13.5. The van der Waals surface area contributed by atoms with Gasteiger partial charge in [-0.2, -0.15) is 5.10 Å². The zero-order valence-corrected chi connectivity index (χ0v) is 13.1. The highest BCUT2D eigenvalue weighted by molar-refractivity contribution is 6.01. The van der Waals surface area contributed by atoms with Gasteiger partial charge in [0.05, 0.1) is 25.5 Å². The largest absolute Gasteiger partial charge is 0.493 e. The van der Waals surface area contributed by atoms with E-state index in [1.54, 1.807) is 38.3 Å². The number of hydrogen-bond donors (Lipinski definition) is 1. The van der Waals surface area contributed by atoms with E-state index in [1.807, 2.05) is 0 Å². The van der Waals surface area contributed by atoms with Gasteiger partial charge in [0.25, 0.3) is 5.91 Å². The Bertz CT molecular complexity index is 744. The summed E-state index contributed by atoms with van der Waals surface area (Å²) in [6.07, 6.45) is 0. The number of rotatable bonds is 5. The molecule has 23 heavy (non-hydrogen) atoms. The Labute approximate surface area is 133 Å². The molecule has 0 saturated carbocycles. The highest BCUT2D eigenvalue weighted by atomic mass is 19.1. The third-order valence-electron chi connectivity index (χ3n) is 3.24. The fraction of sp³-hybridized carbons (Fsp3) is 0.176. The van der Waals surface area contributed by atoms with Crippen molar-refractivity contribution in [3.63, 3.8) is 0 Å². The molecule has 120 valence electrons. The third kappa shape index (κ3) is 3.85. The number of amides is 1. The molecule has 0 spiro atoms. The molecule has 0 unspecified atom stereocenters. The molecule has 2 aromatic carbocycles. The number of ether oxygens (including phenoxy) is 2. The van der Waals surface area contributed by atoms with Gasteiger partial charge in [-0.05, 0) is 37.3 Å².